The Labute approximate surface area is 119 Å². The van der Waals surface area contributed by atoms with E-state index in [9.17, 15) is 4.39 Å². The summed E-state index contributed by atoms with van der Waals surface area (Å²) in [6, 6.07) is 14.4. The Morgan fingerprint density at radius 3 is 2.45 bits per heavy atom. The molecule has 0 atom stereocenters. The molecule has 104 valence electrons. The molecule has 0 heterocycles. The van der Waals surface area contributed by atoms with Crippen LogP contribution in [-0.2, 0) is 0 Å². The fourth-order valence-corrected chi connectivity index (χ4v) is 2.89. The Morgan fingerprint density at radius 1 is 1.00 bits per heavy atom. The van der Waals surface area contributed by atoms with Crippen LogP contribution in [0.4, 0.5) is 10.1 Å². The van der Waals surface area contributed by atoms with Crippen LogP contribution in [0.3, 0.4) is 0 Å². The quantitative estimate of drug-likeness (QED) is 0.844. The molecule has 20 heavy (non-hydrogen) atoms. The molecule has 1 fully saturated rings. The molecule has 2 aromatic rings. The number of halogens is 1. The molecule has 1 N–H and O–H groups in total. The van der Waals surface area contributed by atoms with Crippen LogP contribution < -0.4 is 5.32 Å². The van der Waals surface area contributed by atoms with E-state index in [1.165, 1.54) is 11.1 Å². The molecule has 0 aromatic heterocycles. The standard InChI is InChI=1S/C18H20FN/c1-12-4-3-5-14(8-12)15-10-16(11-15)20-18-7-6-13(2)9-17(18)19/h3-9,15-16,20H,10-11H2,1-2H3. The molecule has 1 aliphatic carbocycles. The lowest BCUT2D eigenvalue weighted by Crippen LogP contribution is -2.34. The smallest absolute Gasteiger partial charge is 0.146 e. The van der Waals surface area contributed by atoms with E-state index in [-0.39, 0.29) is 5.82 Å². The maximum atomic E-state index is 13.8. The normalized spacial score (nSPS) is 21.4. The van der Waals surface area contributed by atoms with Gasteiger partial charge in [0.15, 0.2) is 0 Å². The first-order chi connectivity index (χ1) is 9.61. The topological polar surface area (TPSA) is 12.0 Å². The second kappa shape index (κ2) is 5.28. The number of hydrogen-bond donors (Lipinski definition) is 1. The van der Waals surface area contributed by atoms with Crippen molar-refractivity contribution in [3.8, 4) is 0 Å². The van der Waals surface area contributed by atoms with Crippen LogP contribution in [0.25, 0.3) is 0 Å². The van der Waals surface area contributed by atoms with Gasteiger partial charge < -0.3 is 5.32 Å². The highest BCUT2D eigenvalue weighted by Gasteiger charge is 2.30. The molecule has 1 nitrogen and oxygen atoms in total. The molecule has 0 bridgehead atoms. The SMILES string of the molecule is Cc1cccc(C2CC(Nc3ccc(C)cc3F)C2)c1. The van der Waals surface area contributed by atoms with Crippen LogP contribution in [0.5, 0.6) is 0 Å². The van der Waals surface area contributed by atoms with Gasteiger partial charge in [0.05, 0.1) is 5.69 Å². The van der Waals surface area contributed by atoms with Crippen LogP contribution in [-0.4, -0.2) is 6.04 Å². The van der Waals surface area contributed by atoms with Crippen LogP contribution in [0.15, 0.2) is 42.5 Å². The van der Waals surface area contributed by atoms with Gasteiger partial charge in [0.25, 0.3) is 0 Å². The largest absolute Gasteiger partial charge is 0.380 e. The average Bonchev–Trinajstić information content (AvgIpc) is 2.35. The molecule has 0 unspecified atom stereocenters. The highest BCUT2D eigenvalue weighted by molar-refractivity contribution is 5.48. The zero-order valence-corrected chi connectivity index (χ0v) is 12.0. The van der Waals surface area contributed by atoms with Crippen molar-refractivity contribution in [2.24, 2.45) is 0 Å². The van der Waals surface area contributed by atoms with Crippen LogP contribution in [0.2, 0.25) is 0 Å². The zero-order chi connectivity index (χ0) is 14.1. The van der Waals surface area contributed by atoms with E-state index in [4.69, 9.17) is 0 Å². The monoisotopic (exact) mass is 269 g/mol. The summed E-state index contributed by atoms with van der Waals surface area (Å²) in [6.45, 7) is 4.03. The Balaban J connectivity index is 1.61. The van der Waals surface area contributed by atoms with Gasteiger partial charge in [-0.05, 0) is 55.9 Å². The molecule has 0 amide bonds. The van der Waals surface area contributed by atoms with Crippen molar-refractivity contribution in [2.45, 2.75) is 38.6 Å². The molecule has 0 saturated heterocycles. The fourth-order valence-electron chi connectivity index (χ4n) is 2.89. The van der Waals surface area contributed by atoms with Gasteiger partial charge in [-0.1, -0.05) is 35.9 Å². The maximum Gasteiger partial charge on any atom is 0.146 e. The minimum atomic E-state index is -0.149. The summed E-state index contributed by atoms with van der Waals surface area (Å²) in [5.41, 5.74) is 4.30. The number of nitrogens with one attached hydrogen (secondary N) is 1. The van der Waals surface area contributed by atoms with Gasteiger partial charge in [-0.3, -0.25) is 0 Å². The predicted octanol–water partition coefficient (Wildman–Crippen LogP) is 4.80. The number of aryl methyl sites for hydroxylation is 2. The highest BCUT2D eigenvalue weighted by atomic mass is 19.1. The number of hydrogen-bond acceptors (Lipinski definition) is 1. The first-order valence-corrected chi connectivity index (χ1v) is 7.21. The van der Waals surface area contributed by atoms with E-state index in [0.29, 0.717) is 17.6 Å². The van der Waals surface area contributed by atoms with Gasteiger partial charge >= 0.3 is 0 Å². The lowest BCUT2D eigenvalue weighted by molar-refractivity contribution is 0.373. The van der Waals surface area contributed by atoms with Gasteiger partial charge in [-0.15, -0.1) is 0 Å². The minimum absolute atomic E-state index is 0.149. The van der Waals surface area contributed by atoms with E-state index >= 15 is 0 Å². The van der Waals surface area contributed by atoms with Crippen molar-refractivity contribution in [2.75, 3.05) is 5.32 Å². The molecular weight excluding hydrogens is 249 g/mol. The van der Waals surface area contributed by atoms with E-state index in [2.05, 4.69) is 36.5 Å². The summed E-state index contributed by atoms with van der Waals surface area (Å²) < 4.78 is 13.8. The average molecular weight is 269 g/mol. The number of anilines is 1. The first-order valence-electron chi connectivity index (χ1n) is 7.21. The van der Waals surface area contributed by atoms with Gasteiger partial charge in [0, 0.05) is 6.04 Å². The molecule has 3 rings (SSSR count). The minimum Gasteiger partial charge on any atom is -0.380 e. The second-order valence-electron chi connectivity index (χ2n) is 5.91. The summed E-state index contributed by atoms with van der Waals surface area (Å²) in [5, 5.41) is 3.31. The second-order valence-corrected chi connectivity index (χ2v) is 5.91. The summed E-state index contributed by atoms with van der Waals surface area (Å²) in [7, 11) is 0. The third-order valence-corrected chi connectivity index (χ3v) is 4.14. The van der Waals surface area contributed by atoms with Crippen LogP contribution >= 0.6 is 0 Å². The lowest BCUT2D eigenvalue weighted by Gasteiger charge is -2.37. The lowest BCUT2D eigenvalue weighted by atomic mass is 9.75. The van der Waals surface area contributed by atoms with Gasteiger partial charge in [0.2, 0.25) is 0 Å². The van der Waals surface area contributed by atoms with Crippen molar-refractivity contribution >= 4 is 5.69 Å². The van der Waals surface area contributed by atoms with Crippen molar-refractivity contribution in [1.29, 1.82) is 0 Å². The molecule has 1 saturated carbocycles. The predicted molar refractivity (Wildman–Crippen MR) is 81.7 cm³/mol. The summed E-state index contributed by atoms with van der Waals surface area (Å²) in [5.74, 6) is 0.463. The Morgan fingerprint density at radius 2 is 1.75 bits per heavy atom. The molecule has 0 radical (unpaired) electrons. The molecule has 2 aromatic carbocycles. The van der Waals surface area contributed by atoms with E-state index in [1.54, 1.807) is 6.07 Å². The van der Waals surface area contributed by atoms with Crippen molar-refractivity contribution in [3.05, 3.63) is 65.0 Å². The number of benzene rings is 2. The maximum absolute atomic E-state index is 13.8. The Hall–Kier alpha value is -1.83. The fraction of sp³-hybridized carbons (Fsp3) is 0.333. The van der Waals surface area contributed by atoms with Crippen LogP contribution in [0.1, 0.15) is 35.4 Å². The number of rotatable bonds is 3. The van der Waals surface area contributed by atoms with Gasteiger partial charge in [-0.2, -0.15) is 0 Å². The van der Waals surface area contributed by atoms with Crippen molar-refractivity contribution < 1.29 is 4.39 Å². The third kappa shape index (κ3) is 2.69. The third-order valence-electron chi connectivity index (χ3n) is 4.14. The van der Waals surface area contributed by atoms with E-state index in [0.717, 1.165) is 18.4 Å². The van der Waals surface area contributed by atoms with Crippen molar-refractivity contribution in [1.82, 2.24) is 0 Å². The molecular formula is C18H20FN. The molecule has 2 heteroatoms. The molecule has 0 aliphatic heterocycles. The molecule has 1 aliphatic rings. The Bertz CT molecular complexity index is 615. The van der Waals surface area contributed by atoms with Gasteiger partial charge in [-0.25, -0.2) is 4.39 Å². The van der Waals surface area contributed by atoms with Crippen molar-refractivity contribution in [3.63, 3.8) is 0 Å². The van der Waals surface area contributed by atoms with Gasteiger partial charge in [0.1, 0.15) is 5.82 Å². The summed E-state index contributed by atoms with van der Waals surface area (Å²) in [4.78, 5) is 0. The first kappa shape index (κ1) is 13.2. The molecule has 0 spiro atoms. The Kier molecular flexibility index (Phi) is 3.47. The van der Waals surface area contributed by atoms with Crippen LogP contribution in [0, 0.1) is 19.7 Å². The van der Waals surface area contributed by atoms with E-state index < -0.39 is 0 Å². The van der Waals surface area contributed by atoms with E-state index in [1.807, 2.05) is 19.1 Å². The highest BCUT2D eigenvalue weighted by Crippen LogP contribution is 2.39. The summed E-state index contributed by atoms with van der Waals surface area (Å²) in [6.07, 6.45) is 2.16. The zero-order valence-electron chi connectivity index (χ0n) is 12.0. The summed E-state index contributed by atoms with van der Waals surface area (Å²) >= 11 is 0.